The van der Waals surface area contributed by atoms with E-state index in [1.807, 2.05) is 0 Å². The molecule has 0 aliphatic heterocycles. The van der Waals surface area contributed by atoms with Crippen LogP contribution in [0.5, 0.6) is 0 Å². The molecule has 1 atom stereocenters. The molecule has 8 heteroatoms. The van der Waals surface area contributed by atoms with Crippen LogP contribution in [0.3, 0.4) is 0 Å². The smallest absolute Gasteiger partial charge is 0.291 e. The van der Waals surface area contributed by atoms with E-state index in [1.54, 1.807) is 13.1 Å². The first-order chi connectivity index (χ1) is 9.76. The minimum Gasteiger partial charge on any atom is -0.376 e. The molecule has 0 amide bonds. The fourth-order valence-corrected chi connectivity index (χ4v) is 3.76. The number of hydrogen-bond donors (Lipinski definition) is 1. The summed E-state index contributed by atoms with van der Waals surface area (Å²) < 4.78 is 24.6. The molecule has 6 nitrogen and oxygen atoms in total. The van der Waals surface area contributed by atoms with Crippen LogP contribution in [0, 0.1) is 5.92 Å². The van der Waals surface area contributed by atoms with Gasteiger partial charge in [0.1, 0.15) is 15.5 Å². The molecule has 0 radical (unpaired) electrons. The number of hydrogen-bond acceptors (Lipinski definition) is 5. The van der Waals surface area contributed by atoms with Crippen LogP contribution in [0.4, 0.5) is 5.69 Å². The van der Waals surface area contributed by atoms with E-state index >= 15 is 0 Å². The Morgan fingerprint density at radius 3 is 2.71 bits per heavy atom. The Bertz CT molecular complexity index is 668. The van der Waals surface area contributed by atoms with Crippen LogP contribution in [-0.4, -0.2) is 36.2 Å². The lowest BCUT2D eigenvalue weighted by molar-refractivity contribution is 0.262. The number of nitrogens with one attached hydrogen (secondary N) is 1. The van der Waals surface area contributed by atoms with Crippen LogP contribution in [0.1, 0.15) is 26.2 Å². The third-order valence-corrected chi connectivity index (χ3v) is 5.30. The summed E-state index contributed by atoms with van der Waals surface area (Å²) in [6, 6.07) is -0.344. The van der Waals surface area contributed by atoms with Crippen LogP contribution in [0.2, 0.25) is 0 Å². The Labute approximate surface area is 133 Å². The summed E-state index contributed by atoms with van der Waals surface area (Å²) >= 11 is 3.30. The first-order valence-corrected chi connectivity index (χ1v) is 9.81. The van der Waals surface area contributed by atoms with E-state index in [-0.39, 0.29) is 17.4 Å². The first-order valence-electron chi connectivity index (χ1n) is 6.96. The molecule has 0 bridgehead atoms. The average molecular weight is 378 g/mol. The molecule has 1 heterocycles. The van der Waals surface area contributed by atoms with Crippen LogP contribution in [-0.2, 0) is 16.4 Å². The average Bonchev–Trinajstić information content (AvgIpc) is 2.29. The second-order valence-electron chi connectivity index (χ2n) is 5.79. The Kier molecular flexibility index (Phi) is 5.08. The summed E-state index contributed by atoms with van der Waals surface area (Å²) in [5.41, 5.74) is 0.164. The molecule has 21 heavy (non-hydrogen) atoms. The third kappa shape index (κ3) is 4.54. The second-order valence-corrected chi connectivity index (χ2v) is 8.83. The van der Waals surface area contributed by atoms with Gasteiger partial charge in [0.25, 0.3) is 5.56 Å². The molecule has 1 unspecified atom stereocenters. The van der Waals surface area contributed by atoms with Gasteiger partial charge in [-0.15, -0.1) is 0 Å². The molecule has 1 fully saturated rings. The maximum Gasteiger partial charge on any atom is 0.291 e. The van der Waals surface area contributed by atoms with E-state index in [0.29, 0.717) is 22.6 Å². The zero-order valence-corrected chi connectivity index (χ0v) is 14.6. The van der Waals surface area contributed by atoms with Crippen molar-refractivity contribution in [2.75, 3.05) is 17.3 Å². The molecule has 2 rings (SSSR count). The first kappa shape index (κ1) is 16.5. The molecular formula is C13H20BrN3O3S. The summed E-state index contributed by atoms with van der Waals surface area (Å²) in [6.45, 7) is 2.37. The third-order valence-electron chi connectivity index (χ3n) is 3.60. The normalized spacial score (nSPS) is 17.3. The van der Waals surface area contributed by atoms with Gasteiger partial charge in [0, 0.05) is 18.8 Å². The minimum absolute atomic E-state index is 0.0240. The fourth-order valence-electron chi connectivity index (χ4n) is 2.39. The van der Waals surface area contributed by atoms with E-state index in [1.165, 1.54) is 17.4 Å². The predicted octanol–water partition coefficient (Wildman–Crippen LogP) is 1.65. The summed E-state index contributed by atoms with van der Waals surface area (Å²) in [4.78, 5) is 12.4. The Hall–Kier alpha value is -0.890. The monoisotopic (exact) mass is 377 g/mol. The van der Waals surface area contributed by atoms with E-state index in [2.05, 4.69) is 26.3 Å². The fraction of sp³-hybridized carbons (Fsp3) is 0.692. The SMILES string of the molecule is CC(CS(C)(=O)=O)Nc1c(Br)cnn(CC2CCC2)c1=O. The topological polar surface area (TPSA) is 81.1 Å². The summed E-state index contributed by atoms with van der Waals surface area (Å²) in [5, 5.41) is 7.13. The van der Waals surface area contributed by atoms with Gasteiger partial charge in [0.2, 0.25) is 0 Å². The summed E-state index contributed by atoms with van der Waals surface area (Å²) in [5.74, 6) is 0.502. The zero-order valence-electron chi connectivity index (χ0n) is 12.2. The number of anilines is 1. The molecule has 118 valence electrons. The van der Waals surface area contributed by atoms with Crippen molar-refractivity contribution in [1.82, 2.24) is 9.78 Å². The Morgan fingerprint density at radius 1 is 1.52 bits per heavy atom. The number of aromatic nitrogens is 2. The van der Waals surface area contributed by atoms with E-state index in [4.69, 9.17) is 0 Å². The summed E-state index contributed by atoms with van der Waals surface area (Å²) in [7, 11) is -3.10. The quantitative estimate of drug-likeness (QED) is 0.814. The maximum absolute atomic E-state index is 12.4. The van der Waals surface area contributed by atoms with Crippen LogP contribution in [0.15, 0.2) is 15.5 Å². The van der Waals surface area contributed by atoms with Gasteiger partial charge in [-0.3, -0.25) is 4.79 Å². The number of rotatable bonds is 6. The molecule has 1 aliphatic carbocycles. The molecule has 1 saturated carbocycles. The molecule has 1 aromatic heterocycles. The largest absolute Gasteiger partial charge is 0.376 e. The van der Waals surface area contributed by atoms with Crippen molar-refractivity contribution in [3.05, 3.63) is 21.0 Å². The lowest BCUT2D eigenvalue weighted by atomic mass is 9.85. The van der Waals surface area contributed by atoms with Crippen molar-refractivity contribution >= 4 is 31.5 Å². The molecule has 1 N–H and O–H groups in total. The van der Waals surface area contributed by atoms with Crippen molar-refractivity contribution < 1.29 is 8.42 Å². The van der Waals surface area contributed by atoms with Gasteiger partial charge in [-0.2, -0.15) is 5.10 Å². The minimum atomic E-state index is -3.10. The highest BCUT2D eigenvalue weighted by atomic mass is 79.9. The number of sulfone groups is 1. The number of nitrogens with zero attached hydrogens (tertiary/aromatic N) is 2. The van der Waals surface area contributed by atoms with Crippen molar-refractivity contribution in [2.24, 2.45) is 5.92 Å². The molecule has 1 aliphatic rings. The van der Waals surface area contributed by atoms with Gasteiger partial charge < -0.3 is 5.32 Å². The molecule has 1 aromatic rings. The van der Waals surface area contributed by atoms with Crippen LogP contribution < -0.4 is 10.9 Å². The van der Waals surface area contributed by atoms with Crippen LogP contribution in [0.25, 0.3) is 0 Å². The second kappa shape index (κ2) is 6.48. The molecule has 0 spiro atoms. The van der Waals surface area contributed by atoms with Gasteiger partial charge in [0.15, 0.2) is 0 Å². The van der Waals surface area contributed by atoms with E-state index < -0.39 is 9.84 Å². The lowest BCUT2D eigenvalue weighted by Crippen LogP contribution is -2.34. The highest BCUT2D eigenvalue weighted by molar-refractivity contribution is 9.10. The van der Waals surface area contributed by atoms with Gasteiger partial charge in [-0.1, -0.05) is 6.42 Å². The van der Waals surface area contributed by atoms with Gasteiger partial charge in [0.05, 0.1) is 16.4 Å². The van der Waals surface area contributed by atoms with E-state index in [9.17, 15) is 13.2 Å². The van der Waals surface area contributed by atoms with Gasteiger partial charge in [-0.05, 0) is 41.6 Å². The van der Waals surface area contributed by atoms with Gasteiger partial charge in [-0.25, -0.2) is 13.1 Å². The van der Waals surface area contributed by atoms with E-state index in [0.717, 1.165) is 12.8 Å². The Morgan fingerprint density at radius 2 is 2.19 bits per heavy atom. The standard InChI is InChI=1S/C13H20BrN3O3S/c1-9(8-21(2,19)20)16-12-11(14)6-15-17(13(12)18)7-10-4-3-5-10/h6,9-10,16H,3-5,7-8H2,1-2H3. The molecular weight excluding hydrogens is 358 g/mol. The van der Waals surface area contributed by atoms with Crippen LogP contribution >= 0.6 is 15.9 Å². The van der Waals surface area contributed by atoms with Gasteiger partial charge >= 0.3 is 0 Å². The highest BCUT2D eigenvalue weighted by Gasteiger charge is 2.21. The highest BCUT2D eigenvalue weighted by Crippen LogP contribution is 2.27. The lowest BCUT2D eigenvalue weighted by Gasteiger charge is -2.25. The van der Waals surface area contributed by atoms with Crippen molar-refractivity contribution in [3.63, 3.8) is 0 Å². The molecule has 0 saturated heterocycles. The van der Waals surface area contributed by atoms with Crippen molar-refractivity contribution in [1.29, 1.82) is 0 Å². The predicted molar refractivity (Wildman–Crippen MR) is 86.3 cm³/mol. The summed E-state index contributed by atoms with van der Waals surface area (Å²) in [6.07, 6.45) is 6.25. The maximum atomic E-state index is 12.4. The number of halogens is 1. The zero-order chi connectivity index (χ0) is 15.6. The van der Waals surface area contributed by atoms with Crippen molar-refractivity contribution in [2.45, 2.75) is 38.8 Å². The molecule has 0 aromatic carbocycles. The Balaban J connectivity index is 2.17. The van der Waals surface area contributed by atoms with Crippen molar-refractivity contribution in [3.8, 4) is 0 Å².